The van der Waals surface area contributed by atoms with E-state index in [-0.39, 0.29) is 23.9 Å². The highest BCUT2D eigenvalue weighted by molar-refractivity contribution is 6.30. The highest BCUT2D eigenvalue weighted by atomic mass is 35.5. The smallest absolute Gasteiger partial charge is 0.307 e. The number of ether oxygens (including phenoxy) is 1. The van der Waals surface area contributed by atoms with Crippen LogP contribution in [-0.2, 0) is 9.53 Å². The fourth-order valence-electron chi connectivity index (χ4n) is 1.31. The Morgan fingerprint density at radius 3 is 2.71 bits per heavy atom. The predicted octanol–water partition coefficient (Wildman–Crippen LogP) is 2.85. The third-order valence-corrected chi connectivity index (χ3v) is 2.22. The van der Waals surface area contributed by atoms with E-state index >= 15 is 0 Å². The second-order valence-corrected chi connectivity index (χ2v) is 3.75. The largest absolute Gasteiger partial charge is 0.466 e. The van der Waals surface area contributed by atoms with Crippen molar-refractivity contribution >= 4 is 30.0 Å². The highest BCUT2D eigenvalue weighted by Crippen LogP contribution is 2.20. The van der Waals surface area contributed by atoms with Gasteiger partial charge in [0.25, 0.3) is 0 Å². The summed E-state index contributed by atoms with van der Waals surface area (Å²) in [5.74, 6) is -0.878. The standard InChI is InChI=1S/C11H13ClFNO2.ClH/c1-2-16-11(15)6-10(14)7-3-8(12)5-9(13)4-7;/h3-5,10H,2,6,14H2,1H3;1H/t10-;/m1./s1. The van der Waals surface area contributed by atoms with Gasteiger partial charge in [0.15, 0.2) is 0 Å². The van der Waals surface area contributed by atoms with E-state index in [1.165, 1.54) is 18.2 Å². The molecule has 0 spiro atoms. The molecule has 0 radical (unpaired) electrons. The second kappa shape index (κ2) is 7.48. The van der Waals surface area contributed by atoms with Crippen LogP contribution in [-0.4, -0.2) is 12.6 Å². The molecule has 1 aromatic rings. The maximum atomic E-state index is 13.0. The number of esters is 1. The monoisotopic (exact) mass is 281 g/mol. The molecule has 0 aliphatic heterocycles. The van der Waals surface area contributed by atoms with Crippen LogP contribution in [0, 0.1) is 5.82 Å². The van der Waals surface area contributed by atoms with E-state index < -0.39 is 17.8 Å². The Bertz CT molecular complexity index is 367. The lowest BCUT2D eigenvalue weighted by Crippen LogP contribution is -2.17. The molecule has 0 saturated carbocycles. The van der Waals surface area contributed by atoms with Crippen molar-refractivity contribution in [1.29, 1.82) is 0 Å². The van der Waals surface area contributed by atoms with Crippen LogP contribution in [0.5, 0.6) is 0 Å². The van der Waals surface area contributed by atoms with Gasteiger partial charge in [-0.3, -0.25) is 4.79 Å². The minimum atomic E-state index is -0.604. The summed E-state index contributed by atoms with van der Waals surface area (Å²) in [5, 5.41) is 0.259. The summed E-state index contributed by atoms with van der Waals surface area (Å²) < 4.78 is 17.8. The fourth-order valence-corrected chi connectivity index (χ4v) is 1.54. The Labute approximate surface area is 110 Å². The van der Waals surface area contributed by atoms with E-state index in [2.05, 4.69) is 0 Å². The molecule has 2 N–H and O–H groups in total. The van der Waals surface area contributed by atoms with Gasteiger partial charge >= 0.3 is 5.97 Å². The van der Waals surface area contributed by atoms with Crippen LogP contribution in [0.4, 0.5) is 4.39 Å². The van der Waals surface area contributed by atoms with Crippen LogP contribution in [0.25, 0.3) is 0 Å². The molecule has 1 atom stereocenters. The molecule has 96 valence electrons. The first-order valence-electron chi connectivity index (χ1n) is 4.90. The molecular weight excluding hydrogens is 268 g/mol. The lowest BCUT2D eigenvalue weighted by molar-refractivity contribution is -0.143. The quantitative estimate of drug-likeness (QED) is 0.864. The van der Waals surface area contributed by atoms with E-state index in [9.17, 15) is 9.18 Å². The summed E-state index contributed by atoms with van der Waals surface area (Å²) in [6.07, 6.45) is 0.00756. The van der Waals surface area contributed by atoms with E-state index in [0.717, 1.165) is 0 Å². The molecule has 1 aromatic carbocycles. The number of carbonyl (C=O) groups is 1. The van der Waals surface area contributed by atoms with Crippen molar-refractivity contribution in [3.63, 3.8) is 0 Å². The van der Waals surface area contributed by atoms with E-state index in [0.29, 0.717) is 12.2 Å². The van der Waals surface area contributed by atoms with Gasteiger partial charge in [-0.05, 0) is 30.7 Å². The number of halogens is 3. The van der Waals surface area contributed by atoms with Crippen molar-refractivity contribution in [3.05, 3.63) is 34.6 Å². The molecule has 0 amide bonds. The van der Waals surface area contributed by atoms with Crippen molar-refractivity contribution in [3.8, 4) is 0 Å². The Kier molecular flexibility index (Phi) is 7.11. The molecule has 0 heterocycles. The first kappa shape index (κ1) is 16.2. The third kappa shape index (κ3) is 5.35. The summed E-state index contributed by atoms with van der Waals surface area (Å²) in [6.45, 7) is 2.01. The van der Waals surface area contributed by atoms with E-state index in [4.69, 9.17) is 22.1 Å². The molecule has 0 fully saturated rings. The average Bonchev–Trinajstić information content (AvgIpc) is 2.16. The van der Waals surface area contributed by atoms with Gasteiger partial charge in [0.1, 0.15) is 5.82 Å². The molecule has 3 nitrogen and oxygen atoms in total. The Hall–Kier alpha value is -0.840. The number of rotatable bonds is 4. The molecule has 0 unspecified atom stereocenters. The zero-order valence-electron chi connectivity index (χ0n) is 9.28. The van der Waals surface area contributed by atoms with E-state index in [1.54, 1.807) is 6.92 Å². The first-order chi connectivity index (χ1) is 7.52. The summed E-state index contributed by atoms with van der Waals surface area (Å²) in [7, 11) is 0. The molecule has 0 saturated heterocycles. The molecule has 1 rings (SSSR count). The van der Waals surface area contributed by atoms with Gasteiger partial charge in [0.2, 0.25) is 0 Å². The lowest BCUT2D eigenvalue weighted by Gasteiger charge is -2.11. The van der Waals surface area contributed by atoms with Crippen LogP contribution in [0.2, 0.25) is 5.02 Å². The summed E-state index contributed by atoms with van der Waals surface area (Å²) in [6, 6.07) is 3.37. The predicted molar refractivity (Wildman–Crippen MR) is 66.8 cm³/mol. The van der Waals surface area contributed by atoms with Crippen LogP contribution in [0.15, 0.2) is 18.2 Å². The summed E-state index contributed by atoms with van der Waals surface area (Å²) in [4.78, 5) is 11.2. The number of hydrogen-bond donors (Lipinski definition) is 1. The Morgan fingerprint density at radius 1 is 1.53 bits per heavy atom. The van der Waals surface area contributed by atoms with Gasteiger partial charge in [0.05, 0.1) is 13.0 Å². The number of carbonyl (C=O) groups excluding carboxylic acids is 1. The zero-order chi connectivity index (χ0) is 12.1. The van der Waals surface area contributed by atoms with Crippen LogP contribution < -0.4 is 5.73 Å². The highest BCUT2D eigenvalue weighted by Gasteiger charge is 2.13. The molecule has 6 heteroatoms. The molecule has 0 aromatic heterocycles. The van der Waals surface area contributed by atoms with Crippen molar-refractivity contribution in [2.45, 2.75) is 19.4 Å². The topological polar surface area (TPSA) is 52.3 Å². The fraction of sp³-hybridized carbons (Fsp3) is 0.364. The average molecular weight is 282 g/mol. The third-order valence-electron chi connectivity index (χ3n) is 2.00. The van der Waals surface area contributed by atoms with Gasteiger partial charge in [-0.1, -0.05) is 11.6 Å². The van der Waals surface area contributed by atoms with Gasteiger partial charge in [0, 0.05) is 11.1 Å². The Balaban J connectivity index is 0.00000256. The molecule has 0 aliphatic carbocycles. The van der Waals surface area contributed by atoms with Crippen LogP contribution >= 0.6 is 24.0 Å². The van der Waals surface area contributed by atoms with Crippen molar-refractivity contribution in [2.75, 3.05) is 6.61 Å². The minimum absolute atomic E-state index is 0. The van der Waals surface area contributed by atoms with Gasteiger partial charge in [-0.15, -0.1) is 12.4 Å². The molecule has 0 aliphatic rings. The maximum absolute atomic E-state index is 13.0. The summed E-state index contributed by atoms with van der Waals surface area (Å²) >= 11 is 5.68. The van der Waals surface area contributed by atoms with E-state index in [1.807, 2.05) is 0 Å². The van der Waals surface area contributed by atoms with Crippen molar-refractivity contribution in [2.24, 2.45) is 5.73 Å². The SMILES string of the molecule is CCOC(=O)C[C@@H](N)c1cc(F)cc(Cl)c1.Cl. The Morgan fingerprint density at radius 2 is 2.18 bits per heavy atom. The maximum Gasteiger partial charge on any atom is 0.307 e. The normalized spacial score (nSPS) is 11.5. The van der Waals surface area contributed by atoms with Gasteiger partial charge in [-0.2, -0.15) is 0 Å². The first-order valence-corrected chi connectivity index (χ1v) is 5.28. The number of hydrogen-bond acceptors (Lipinski definition) is 3. The minimum Gasteiger partial charge on any atom is -0.466 e. The number of benzene rings is 1. The van der Waals surface area contributed by atoms with Gasteiger partial charge < -0.3 is 10.5 Å². The molecular formula is C11H14Cl2FNO2. The van der Waals surface area contributed by atoms with Gasteiger partial charge in [-0.25, -0.2) is 4.39 Å². The molecule has 0 bridgehead atoms. The zero-order valence-corrected chi connectivity index (χ0v) is 10.9. The lowest BCUT2D eigenvalue weighted by atomic mass is 10.0. The van der Waals surface area contributed by atoms with Crippen LogP contribution in [0.1, 0.15) is 24.9 Å². The second-order valence-electron chi connectivity index (χ2n) is 3.32. The van der Waals surface area contributed by atoms with Crippen molar-refractivity contribution < 1.29 is 13.9 Å². The van der Waals surface area contributed by atoms with Crippen LogP contribution in [0.3, 0.4) is 0 Å². The molecule has 17 heavy (non-hydrogen) atoms. The van der Waals surface area contributed by atoms with Crippen molar-refractivity contribution in [1.82, 2.24) is 0 Å². The summed E-state index contributed by atoms with van der Waals surface area (Å²) in [5.41, 5.74) is 6.22. The number of nitrogens with two attached hydrogens (primary N) is 1.